The summed E-state index contributed by atoms with van der Waals surface area (Å²) >= 11 is 1.94. The molecule has 0 saturated carbocycles. The Labute approximate surface area is 260 Å². The number of para-hydroxylation sites is 2. The highest BCUT2D eigenvalue weighted by molar-refractivity contribution is 7.99. The summed E-state index contributed by atoms with van der Waals surface area (Å²) in [7, 11) is 1.73. The second-order valence-corrected chi connectivity index (χ2v) is 12.6. The lowest BCUT2D eigenvalue weighted by atomic mass is 9.70. The van der Waals surface area contributed by atoms with E-state index in [1.54, 1.807) is 7.11 Å². The van der Waals surface area contributed by atoms with Crippen LogP contribution in [0.15, 0.2) is 144 Å². The van der Waals surface area contributed by atoms with Crippen molar-refractivity contribution in [2.75, 3.05) is 12.9 Å². The van der Waals surface area contributed by atoms with Crippen molar-refractivity contribution in [3.63, 3.8) is 0 Å². The molecule has 1 aliphatic carbocycles. The number of fused-ring (bicyclic) bond motifs is 7. The van der Waals surface area contributed by atoms with Gasteiger partial charge in [-0.1, -0.05) is 78.9 Å². The van der Waals surface area contributed by atoms with Gasteiger partial charge in [-0.15, -0.1) is 11.8 Å². The third-order valence-corrected chi connectivity index (χ3v) is 10.7. The van der Waals surface area contributed by atoms with E-state index in [2.05, 4.69) is 144 Å². The van der Waals surface area contributed by atoms with E-state index in [-0.39, 0.29) is 11.5 Å². The van der Waals surface area contributed by atoms with Crippen LogP contribution in [0.5, 0.6) is 11.5 Å². The van der Waals surface area contributed by atoms with Crippen molar-refractivity contribution in [2.24, 2.45) is 0 Å². The average molecular weight is 588 g/mol. The van der Waals surface area contributed by atoms with E-state index in [9.17, 15) is 0 Å². The van der Waals surface area contributed by atoms with E-state index in [1.807, 2.05) is 11.8 Å². The Hall–Kier alpha value is -4.93. The maximum atomic E-state index is 6.48. The van der Waals surface area contributed by atoms with Crippen molar-refractivity contribution in [1.82, 2.24) is 4.57 Å². The van der Waals surface area contributed by atoms with Gasteiger partial charge in [-0.05, 0) is 82.9 Å². The van der Waals surface area contributed by atoms with Gasteiger partial charge in [-0.3, -0.25) is 0 Å². The van der Waals surface area contributed by atoms with E-state index < -0.39 is 0 Å². The Morgan fingerprint density at radius 2 is 1.59 bits per heavy atom. The highest BCUT2D eigenvalue weighted by Gasteiger charge is 2.45. The van der Waals surface area contributed by atoms with E-state index in [1.165, 1.54) is 60.2 Å². The Balaban J connectivity index is 1.30. The van der Waals surface area contributed by atoms with Crippen molar-refractivity contribution in [3.8, 4) is 17.2 Å². The van der Waals surface area contributed by atoms with Crippen LogP contribution in [0.4, 0.5) is 0 Å². The quantitative estimate of drug-likeness (QED) is 0.205. The van der Waals surface area contributed by atoms with E-state index in [4.69, 9.17) is 9.47 Å². The molecule has 44 heavy (non-hydrogen) atoms. The van der Waals surface area contributed by atoms with E-state index >= 15 is 0 Å². The highest BCUT2D eigenvalue weighted by atomic mass is 32.2. The van der Waals surface area contributed by atoms with Crippen LogP contribution in [0.1, 0.15) is 22.3 Å². The Bertz CT molecular complexity index is 2190. The molecule has 3 heterocycles. The minimum absolute atomic E-state index is 0.0207. The molecule has 0 fully saturated rings. The van der Waals surface area contributed by atoms with Crippen molar-refractivity contribution in [3.05, 3.63) is 161 Å². The SMILES string of the molecule is COc1ccc(C2(c3ccc4c(c3)c3ccccc3n4-c3ccccc3)CSc3c2ccc2c3C=C3C=CC=CC3O2)cc1. The first-order chi connectivity index (χ1) is 21.7. The zero-order chi connectivity index (χ0) is 29.3. The third-order valence-electron chi connectivity index (χ3n) is 9.39. The minimum atomic E-state index is -0.344. The van der Waals surface area contributed by atoms with Gasteiger partial charge in [0.05, 0.1) is 23.6 Å². The van der Waals surface area contributed by atoms with Gasteiger partial charge in [0.25, 0.3) is 0 Å². The van der Waals surface area contributed by atoms with Crippen LogP contribution in [0.3, 0.4) is 0 Å². The van der Waals surface area contributed by atoms with Gasteiger partial charge in [0.1, 0.15) is 17.6 Å². The smallest absolute Gasteiger partial charge is 0.142 e. The molecule has 0 amide bonds. The number of ether oxygens (including phenoxy) is 2. The van der Waals surface area contributed by atoms with E-state index in [0.29, 0.717) is 0 Å². The van der Waals surface area contributed by atoms with Crippen molar-refractivity contribution in [1.29, 1.82) is 0 Å². The van der Waals surface area contributed by atoms with Gasteiger partial charge in [-0.25, -0.2) is 0 Å². The van der Waals surface area contributed by atoms with Crippen LogP contribution >= 0.6 is 11.8 Å². The molecule has 4 heteroatoms. The fourth-order valence-corrected chi connectivity index (χ4v) is 8.83. The van der Waals surface area contributed by atoms with Crippen LogP contribution in [0, 0.1) is 0 Å². The fourth-order valence-electron chi connectivity index (χ4n) is 7.26. The molecule has 3 aliphatic rings. The maximum Gasteiger partial charge on any atom is 0.142 e. The zero-order valence-electron chi connectivity index (χ0n) is 24.2. The van der Waals surface area contributed by atoms with Crippen LogP contribution in [0.2, 0.25) is 0 Å². The number of methoxy groups -OCH3 is 1. The topological polar surface area (TPSA) is 23.4 Å². The molecular formula is C40H29NO2S. The molecule has 2 aliphatic heterocycles. The Morgan fingerprint density at radius 1 is 0.795 bits per heavy atom. The Kier molecular flexibility index (Phi) is 5.69. The van der Waals surface area contributed by atoms with E-state index in [0.717, 1.165) is 17.3 Å². The van der Waals surface area contributed by atoms with Crippen LogP contribution in [-0.2, 0) is 5.41 Å². The Morgan fingerprint density at radius 3 is 2.45 bits per heavy atom. The summed E-state index contributed by atoms with van der Waals surface area (Å²) in [6, 6.07) is 39.7. The van der Waals surface area contributed by atoms with Crippen molar-refractivity contribution in [2.45, 2.75) is 16.4 Å². The van der Waals surface area contributed by atoms with Gasteiger partial charge < -0.3 is 14.0 Å². The molecule has 2 unspecified atom stereocenters. The van der Waals surface area contributed by atoms with Gasteiger partial charge in [0.2, 0.25) is 0 Å². The lowest BCUT2D eigenvalue weighted by Crippen LogP contribution is -2.29. The summed E-state index contributed by atoms with van der Waals surface area (Å²) < 4.78 is 14.4. The monoisotopic (exact) mass is 587 g/mol. The molecule has 0 saturated heterocycles. The summed E-state index contributed by atoms with van der Waals surface area (Å²) in [4.78, 5) is 1.30. The molecule has 3 nitrogen and oxygen atoms in total. The first-order valence-electron chi connectivity index (χ1n) is 15.0. The van der Waals surface area contributed by atoms with Gasteiger partial charge in [-0.2, -0.15) is 0 Å². The number of allylic oxidation sites excluding steroid dienone is 2. The van der Waals surface area contributed by atoms with Crippen molar-refractivity contribution < 1.29 is 9.47 Å². The lowest BCUT2D eigenvalue weighted by Gasteiger charge is -2.33. The zero-order valence-corrected chi connectivity index (χ0v) is 25.1. The molecular weight excluding hydrogens is 559 g/mol. The molecule has 5 aromatic carbocycles. The molecule has 212 valence electrons. The molecule has 6 aromatic rings. The predicted molar refractivity (Wildman–Crippen MR) is 181 cm³/mol. The first-order valence-corrected chi connectivity index (χ1v) is 16.0. The number of thioether (sulfide) groups is 1. The third kappa shape index (κ3) is 3.64. The number of hydrogen-bond donors (Lipinski definition) is 0. The molecule has 0 bridgehead atoms. The molecule has 0 N–H and O–H groups in total. The molecule has 0 spiro atoms. The van der Waals surface area contributed by atoms with Gasteiger partial charge in [0, 0.05) is 32.7 Å². The summed E-state index contributed by atoms with van der Waals surface area (Å²) in [6.45, 7) is 0. The second-order valence-electron chi connectivity index (χ2n) is 11.6. The highest BCUT2D eigenvalue weighted by Crippen LogP contribution is 2.56. The molecule has 2 atom stereocenters. The normalized spacial score (nSPS) is 19.8. The average Bonchev–Trinajstić information content (AvgIpc) is 3.65. The number of benzene rings is 5. The summed E-state index contributed by atoms with van der Waals surface area (Å²) in [6.07, 6.45) is 10.8. The molecule has 1 aromatic heterocycles. The van der Waals surface area contributed by atoms with Gasteiger partial charge >= 0.3 is 0 Å². The first kappa shape index (κ1) is 25.6. The number of aromatic nitrogens is 1. The van der Waals surface area contributed by atoms with Crippen molar-refractivity contribution >= 4 is 39.6 Å². The summed E-state index contributed by atoms with van der Waals surface area (Å²) in [5.41, 5.74) is 9.52. The van der Waals surface area contributed by atoms with Gasteiger partial charge in [0.15, 0.2) is 0 Å². The summed E-state index contributed by atoms with van der Waals surface area (Å²) in [5, 5.41) is 2.52. The van der Waals surface area contributed by atoms with Crippen LogP contribution in [0.25, 0.3) is 33.6 Å². The molecule has 9 rings (SSSR count). The largest absolute Gasteiger partial charge is 0.497 e. The summed E-state index contributed by atoms with van der Waals surface area (Å²) in [5.74, 6) is 2.72. The second kappa shape index (κ2) is 9.80. The minimum Gasteiger partial charge on any atom is -0.497 e. The standard InChI is InChI=1S/C40H29NO2S/c1-42-30-18-15-27(16-19-30)40(25-44-39-33-23-26-9-5-8-14-37(26)43-38(33)22-20-34(39)40)28-17-21-36-32(24-28)31-12-6-7-13-35(31)41(36)29-10-3-2-4-11-29/h2-24,37H,25H2,1H3. The van der Waals surface area contributed by atoms with Crippen LogP contribution in [-0.4, -0.2) is 23.5 Å². The lowest BCUT2D eigenvalue weighted by molar-refractivity contribution is 0.282. The maximum absolute atomic E-state index is 6.48. The fraction of sp³-hybridized carbons (Fsp3) is 0.100. The molecule has 0 radical (unpaired) electrons. The number of rotatable bonds is 4. The predicted octanol–water partition coefficient (Wildman–Crippen LogP) is 9.50. The van der Waals surface area contributed by atoms with Crippen LogP contribution < -0.4 is 9.47 Å². The number of nitrogens with zero attached hydrogens (tertiary/aromatic N) is 1. The number of hydrogen-bond acceptors (Lipinski definition) is 3.